The predicted octanol–water partition coefficient (Wildman–Crippen LogP) is 26.9. The number of unbranched alkanes of at least 4 members (excludes halogenated alkanes) is 21. The van der Waals surface area contributed by atoms with Gasteiger partial charge in [-0.15, -0.1) is 45.3 Å². The van der Waals surface area contributed by atoms with E-state index in [1.807, 2.05) is 12.1 Å². The van der Waals surface area contributed by atoms with E-state index in [0.29, 0.717) is 127 Å². The maximum atomic E-state index is 15.4. The molecule has 10 aliphatic rings. The van der Waals surface area contributed by atoms with Gasteiger partial charge in [-0.05, 0) is 118 Å². The minimum absolute atomic E-state index is 0.0834. The summed E-state index contributed by atoms with van der Waals surface area (Å²) in [5.41, 5.74) is 6.54. The summed E-state index contributed by atoms with van der Waals surface area (Å²) in [6.07, 6.45) is 27.7. The zero-order chi connectivity index (χ0) is 102. The van der Waals surface area contributed by atoms with Crippen LogP contribution < -0.4 is 3.58 Å². The molecule has 0 unspecified atom stereocenters. The molecule has 20 rings (SSSR count). The van der Waals surface area contributed by atoms with Crippen LogP contribution in [0.5, 0.6) is 0 Å². The van der Waals surface area contributed by atoms with Crippen molar-refractivity contribution in [1.29, 1.82) is 0 Å². The Balaban J connectivity index is 0.000000178. The van der Waals surface area contributed by atoms with Gasteiger partial charge >= 0.3 is 277 Å². The third-order valence-corrected chi connectivity index (χ3v) is 52.1. The van der Waals surface area contributed by atoms with Crippen LogP contribution in [0.15, 0.2) is 86.4 Å². The molecule has 145 heavy (non-hydrogen) atoms. The molecular formula is C114H126Br2N6O18S4Sn. The maximum absolute atomic E-state index is 15.4. The summed E-state index contributed by atoms with van der Waals surface area (Å²) in [7, 11) is 0. The number of benzene rings is 6. The third-order valence-electron chi connectivity index (χ3n) is 30.5. The SMILES string of the molecule is CCCCCCN1C(=O)c2ccc3c4c([c]([Sn]([CH2]CCC)([CH2]CCC)[CH2]CCC)cc(c24)C1=O)C(=O)N(CCCCCC)C3=O.CCCCCCN1C(=O)c2ccc3c4c(c(-c5cc6c(s5)-c5sc(-c7cc8c9c(ccc%10c9c7C(=O)N(CCCCCC)C%10=O)C(=O)N(CCCCCC)C8=O)cc5C5(OCCO5)C6=O)cc(c24)C1=O)C(=O)N(CCCCCC)C3=O.O=C1c2cc(Br)sc2-c2sc(Br)cc2C12OCCO2. The van der Waals surface area contributed by atoms with E-state index in [1.165, 1.54) is 52.1 Å². The molecule has 2 spiro atoms. The average Bonchev–Trinajstić information content (AvgIpc) is 1.60. The van der Waals surface area contributed by atoms with Crippen molar-refractivity contribution in [3.05, 3.63) is 175 Å². The van der Waals surface area contributed by atoms with Crippen LogP contribution in [0.3, 0.4) is 0 Å². The number of ether oxygens (including phenoxy) is 4. The molecule has 24 nitrogen and oxygen atoms in total. The Morgan fingerprint density at radius 1 is 0.255 bits per heavy atom. The van der Waals surface area contributed by atoms with Crippen LogP contribution in [0, 0.1) is 0 Å². The number of fused-ring (bicyclic) bond motifs is 8. The van der Waals surface area contributed by atoms with Crippen LogP contribution in [-0.4, -0.2) is 196 Å². The first-order chi connectivity index (χ1) is 70.2. The first kappa shape index (κ1) is 106. The predicted molar refractivity (Wildman–Crippen MR) is 578 cm³/mol. The number of thiophene rings is 4. The van der Waals surface area contributed by atoms with E-state index >= 15 is 14.4 Å². The average molecular weight is 2280 g/mol. The van der Waals surface area contributed by atoms with Gasteiger partial charge in [0.2, 0.25) is 11.6 Å². The fourth-order valence-electron chi connectivity index (χ4n) is 23.0. The minimum Gasteiger partial charge on any atom is -0.337 e. The molecule has 2 fully saturated rings. The standard InChI is InChI=1S/C64H64N4O11S2.C26H29N2O4.C12H6Br2O3S2.3C4H9.Sn/c1-5-9-13-17-25-65-56(70)35-21-23-37-49-47(35)41(60(65)74)31-39(51(49)62(76)67(58(37)72)27-19-15-11-7-3)45-33-43-53(80-45)54-44(64(55(43)69)78-29-30-79-64)34-46(81-54)40-32-42-48-36(57(71)66(61(42)75)26-18-14-10-6-2)22-24-38-50(48)52(40)63(77)68(59(38)73)28-20-16-12-8-4;1-3-5-7-9-15-27-23(29)17-11-13-19-22-20(14-12-18(21(17)22)24(27)30)26(32)28(25(19)31)16-10-8-6-4-2;13-7-3-5-9(18-7)10-6(4-8(14)19-10)12(11(5)15)16-1-2-17-12;3*1-3-4-2;/h21-24,31-34H,5-20,25-30H2,1-4H3;11-13H,3-10,15-16H2,1-2H3;3-4H,1-2H2;3*1,3-4H2,2H3;. The Kier molecular flexibility index (Phi) is 32.6. The van der Waals surface area contributed by atoms with E-state index < -0.39 is 83.0 Å². The van der Waals surface area contributed by atoms with E-state index in [-0.39, 0.29) is 140 Å². The first-order valence-electron chi connectivity index (χ1n) is 52.9. The smallest absolute Gasteiger partial charge is 0.263 e. The number of imide groups is 6. The fraction of sp³-hybridized carbons (Fsp3) is 0.474. The van der Waals surface area contributed by atoms with Gasteiger partial charge in [-0.2, -0.15) is 0 Å². The van der Waals surface area contributed by atoms with E-state index in [4.69, 9.17) is 18.9 Å². The van der Waals surface area contributed by atoms with E-state index in [0.717, 1.165) is 207 Å². The summed E-state index contributed by atoms with van der Waals surface area (Å²) in [6.45, 7) is 21.9. The summed E-state index contributed by atoms with van der Waals surface area (Å²) in [6, 6.07) is 22.5. The van der Waals surface area contributed by atoms with Crippen molar-refractivity contribution in [2.45, 2.75) is 280 Å². The summed E-state index contributed by atoms with van der Waals surface area (Å²) in [5.74, 6) is -8.91. The topological polar surface area (TPSA) is 295 Å². The van der Waals surface area contributed by atoms with Crippen molar-refractivity contribution in [2.24, 2.45) is 0 Å². The van der Waals surface area contributed by atoms with Crippen molar-refractivity contribution in [3.8, 4) is 40.4 Å². The molecule has 6 aromatic carbocycles. The van der Waals surface area contributed by atoms with Gasteiger partial charge in [0.05, 0.1) is 64.6 Å². The Morgan fingerprint density at radius 2 is 0.517 bits per heavy atom. The van der Waals surface area contributed by atoms with Crippen molar-refractivity contribution < 1.29 is 86.1 Å². The molecule has 0 saturated carbocycles. The number of nitrogens with zero attached hydrogens (tertiary/aromatic N) is 6. The molecule has 0 N–H and O–H groups in total. The Bertz CT molecular complexity index is 6950. The second kappa shape index (κ2) is 44.8. The normalized spacial score (nSPS) is 16.6. The number of ketones is 2. The minimum atomic E-state index is -3.34. The zero-order valence-corrected chi connectivity index (χ0v) is 93.6. The molecule has 0 bridgehead atoms. The second-order valence-electron chi connectivity index (χ2n) is 39.9. The van der Waals surface area contributed by atoms with Crippen LogP contribution in [0.25, 0.3) is 72.7 Å². The summed E-state index contributed by atoms with van der Waals surface area (Å²) in [5, 5.41) is 2.15. The number of halogens is 2. The zero-order valence-electron chi connectivity index (χ0n) is 84.3. The molecule has 762 valence electrons. The molecule has 12 amide bonds. The van der Waals surface area contributed by atoms with Crippen molar-refractivity contribution in [1.82, 2.24) is 29.4 Å². The van der Waals surface area contributed by atoms with Crippen molar-refractivity contribution in [3.63, 3.8) is 0 Å². The maximum Gasteiger partial charge on any atom is 0.263 e. The van der Waals surface area contributed by atoms with Crippen LogP contribution in [0.1, 0.15) is 411 Å². The molecule has 8 aliphatic heterocycles. The fourth-order valence-corrected chi connectivity index (χ4v) is 45.7. The Labute approximate surface area is 883 Å². The van der Waals surface area contributed by atoms with Gasteiger partial charge < -0.3 is 18.9 Å². The van der Waals surface area contributed by atoms with Gasteiger partial charge in [-0.3, -0.25) is 67.5 Å². The van der Waals surface area contributed by atoms with Gasteiger partial charge in [0.1, 0.15) is 0 Å². The van der Waals surface area contributed by atoms with Crippen LogP contribution in [0.2, 0.25) is 13.3 Å². The Morgan fingerprint density at radius 3 is 0.869 bits per heavy atom. The summed E-state index contributed by atoms with van der Waals surface area (Å²) >= 11 is 9.27. The van der Waals surface area contributed by atoms with Crippen LogP contribution >= 0.6 is 77.2 Å². The van der Waals surface area contributed by atoms with Crippen molar-refractivity contribution in [2.75, 3.05) is 65.7 Å². The molecule has 0 radical (unpaired) electrons. The molecule has 0 atom stereocenters. The molecule has 2 saturated heterocycles. The number of rotatable bonds is 42. The van der Waals surface area contributed by atoms with Gasteiger partial charge in [0.15, 0.2) is 0 Å². The number of amides is 12. The quantitative estimate of drug-likeness (QED) is 0.0195. The second-order valence-corrected chi connectivity index (χ2v) is 60.0. The van der Waals surface area contributed by atoms with Gasteiger partial charge in [0, 0.05) is 124 Å². The van der Waals surface area contributed by atoms with Gasteiger partial charge in [-0.1, -0.05) is 105 Å². The van der Waals surface area contributed by atoms with Crippen LogP contribution in [-0.2, 0) is 30.5 Å². The first-order valence-corrected chi connectivity index (χ1v) is 65.2. The number of carbonyl (C=O) groups is 14. The molecular weight excluding hydrogens is 2150 g/mol. The molecule has 31 heteroatoms. The Hall–Kier alpha value is -9.32. The molecule has 4 aromatic heterocycles. The van der Waals surface area contributed by atoms with Gasteiger partial charge in [0.25, 0.3) is 58.8 Å². The number of Topliss-reactive ketones (excluding diaryl/α,β-unsaturated/α-hetero) is 2. The third kappa shape index (κ3) is 18.6. The number of hydrogen-bond donors (Lipinski definition) is 0. The van der Waals surface area contributed by atoms with E-state index in [9.17, 15) is 52.7 Å². The van der Waals surface area contributed by atoms with Crippen molar-refractivity contribution >= 4 is 214 Å². The largest absolute Gasteiger partial charge is 0.337 e. The molecule has 12 heterocycles. The summed E-state index contributed by atoms with van der Waals surface area (Å²) < 4.78 is 30.7. The monoisotopic (exact) mass is 2270 g/mol. The van der Waals surface area contributed by atoms with E-state index in [2.05, 4.69) is 100 Å². The summed E-state index contributed by atoms with van der Waals surface area (Å²) in [4.78, 5) is 215. The number of hydrogen-bond acceptors (Lipinski definition) is 22. The number of carbonyl (C=O) groups excluding carboxylic acids is 14. The molecule has 2 aliphatic carbocycles. The van der Waals surface area contributed by atoms with Crippen LogP contribution in [0.4, 0.5) is 0 Å². The molecule has 10 aromatic rings. The van der Waals surface area contributed by atoms with E-state index in [1.54, 1.807) is 83.3 Å². The van der Waals surface area contributed by atoms with Gasteiger partial charge in [-0.25, -0.2) is 0 Å².